The lowest BCUT2D eigenvalue weighted by molar-refractivity contribution is -0.121. The topological polar surface area (TPSA) is 106 Å². The second kappa shape index (κ2) is 6.42. The normalized spacial score (nSPS) is 12.4. The first-order valence-electron chi connectivity index (χ1n) is 4.23. The third-order valence-corrected chi connectivity index (χ3v) is 1.83. The number of carbonyl (C=O) groups excluding carboxylic acids is 2. The Morgan fingerprint density at radius 3 is 2.15 bits per heavy atom. The van der Waals surface area contributed by atoms with Gasteiger partial charge in [0.25, 0.3) is 0 Å². The van der Waals surface area contributed by atoms with Crippen molar-refractivity contribution in [1.82, 2.24) is 0 Å². The Kier molecular flexibility index (Phi) is 5.88. The molecule has 1 atom stereocenters. The lowest BCUT2D eigenvalue weighted by atomic mass is 9.96. The second-order valence-corrected chi connectivity index (χ2v) is 3.05. The maximum atomic E-state index is 10.6. The van der Waals surface area contributed by atoms with E-state index in [9.17, 15) is 9.59 Å². The number of hydrogen-bond donors (Lipinski definition) is 3. The molecule has 0 radical (unpaired) electrons. The molecule has 0 spiro atoms. The van der Waals surface area contributed by atoms with Crippen molar-refractivity contribution in [2.75, 3.05) is 6.61 Å². The number of primary amides is 2. The molecule has 5 heteroatoms. The number of amides is 2. The van der Waals surface area contributed by atoms with Crippen molar-refractivity contribution in [1.29, 1.82) is 0 Å². The molecule has 0 aromatic heterocycles. The van der Waals surface area contributed by atoms with Gasteiger partial charge < -0.3 is 16.6 Å². The van der Waals surface area contributed by atoms with E-state index >= 15 is 0 Å². The molecule has 0 rings (SSSR count). The average molecular weight is 188 g/mol. The Morgan fingerprint density at radius 1 is 1.15 bits per heavy atom. The molecule has 1 unspecified atom stereocenters. The van der Waals surface area contributed by atoms with Crippen molar-refractivity contribution in [3.05, 3.63) is 0 Å². The van der Waals surface area contributed by atoms with Gasteiger partial charge >= 0.3 is 0 Å². The Labute approximate surface area is 77.1 Å². The van der Waals surface area contributed by atoms with Crippen molar-refractivity contribution in [2.24, 2.45) is 17.4 Å². The molecular weight excluding hydrogens is 172 g/mol. The van der Waals surface area contributed by atoms with Crippen LogP contribution >= 0.6 is 0 Å². The Bertz CT molecular complexity index is 182. The second-order valence-electron chi connectivity index (χ2n) is 3.05. The van der Waals surface area contributed by atoms with E-state index in [2.05, 4.69) is 0 Å². The van der Waals surface area contributed by atoms with Crippen molar-refractivity contribution in [3.8, 4) is 0 Å². The molecule has 0 saturated heterocycles. The minimum absolute atomic E-state index is 0.00327. The molecular formula is C8H16N2O3. The summed E-state index contributed by atoms with van der Waals surface area (Å²) in [6.07, 6.45) is 1.43. The Balaban J connectivity index is 3.79. The van der Waals surface area contributed by atoms with E-state index in [0.717, 1.165) is 0 Å². The molecule has 76 valence electrons. The lowest BCUT2D eigenvalue weighted by Crippen LogP contribution is -2.19. The summed E-state index contributed by atoms with van der Waals surface area (Å²) in [6.45, 7) is -0.00327. The number of hydrogen-bond acceptors (Lipinski definition) is 3. The zero-order chi connectivity index (χ0) is 10.3. The van der Waals surface area contributed by atoms with Gasteiger partial charge in [0.2, 0.25) is 11.8 Å². The highest BCUT2D eigenvalue weighted by atomic mass is 16.3. The van der Waals surface area contributed by atoms with Crippen LogP contribution in [0.2, 0.25) is 0 Å². The lowest BCUT2D eigenvalue weighted by Gasteiger charge is -2.11. The Hall–Kier alpha value is -1.10. The van der Waals surface area contributed by atoms with Crippen LogP contribution in [-0.2, 0) is 9.59 Å². The van der Waals surface area contributed by atoms with Crippen LogP contribution in [0.25, 0.3) is 0 Å². The van der Waals surface area contributed by atoms with Crippen LogP contribution in [0.5, 0.6) is 0 Å². The zero-order valence-electron chi connectivity index (χ0n) is 7.53. The summed E-state index contributed by atoms with van der Waals surface area (Å²) < 4.78 is 0. The Morgan fingerprint density at radius 2 is 1.77 bits per heavy atom. The molecule has 0 heterocycles. The number of carbonyl (C=O) groups is 2. The third kappa shape index (κ3) is 7.27. The van der Waals surface area contributed by atoms with Crippen LogP contribution in [-0.4, -0.2) is 23.5 Å². The first kappa shape index (κ1) is 11.9. The van der Waals surface area contributed by atoms with Gasteiger partial charge in [-0.1, -0.05) is 0 Å². The molecule has 13 heavy (non-hydrogen) atoms. The number of aliphatic hydroxyl groups is 1. The molecule has 0 aromatic carbocycles. The van der Waals surface area contributed by atoms with Gasteiger partial charge in [-0.15, -0.1) is 0 Å². The van der Waals surface area contributed by atoms with Crippen molar-refractivity contribution < 1.29 is 14.7 Å². The molecule has 5 nitrogen and oxygen atoms in total. The fourth-order valence-electron chi connectivity index (χ4n) is 1.16. The van der Waals surface area contributed by atoms with Crippen LogP contribution in [0.1, 0.15) is 25.7 Å². The molecule has 2 amide bonds. The van der Waals surface area contributed by atoms with Crippen LogP contribution in [0.15, 0.2) is 0 Å². The van der Waals surface area contributed by atoms with Gasteiger partial charge in [-0.05, 0) is 18.8 Å². The van der Waals surface area contributed by atoms with E-state index in [1.807, 2.05) is 0 Å². The molecule has 0 saturated carbocycles. The predicted octanol–water partition coefficient (Wildman–Crippen LogP) is -0.874. The van der Waals surface area contributed by atoms with Crippen molar-refractivity contribution in [2.45, 2.75) is 25.7 Å². The van der Waals surface area contributed by atoms with E-state index in [4.69, 9.17) is 16.6 Å². The standard InChI is InChI=1S/C8H16N2O3/c9-7(12)2-1-6(3-4-11)5-8(10)13/h6,11H,1-5H2,(H2,9,12)(H2,10,13). The highest BCUT2D eigenvalue weighted by Gasteiger charge is 2.12. The molecule has 0 fully saturated rings. The van der Waals surface area contributed by atoms with Gasteiger partial charge in [-0.3, -0.25) is 9.59 Å². The first-order valence-corrected chi connectivity index (χ1v) is 4.23. The van der Waals surface area contributed by atoms with Crippen LogP contribution in [0.4, 0.5) is 0 Å². The van der Waals surface area contributed by atoms with Gasteiger partial charge in [-0.25, -0.2) is 0 Å². The van der Waals surface area contributed by atoms with Gasteiger partial charge in [0.15, 0.2) is 0 Å². The minimum Gasteiger partial charge on any atom is -0.396 e. The van der Waals surface area contributed by atoms with E-state index in [0.29, 0.717) is 12.8 Å². The van der Waals surface area contributed by atoms with Gasteiger partial charge in [-0.2, -0.15) is 0 Å². The zero-order valence-corrected chi connectivity index (χ0v) is 7.53. The van der Waals surface area contributed by atoms with E-state index in [-0.39, 0.29) is 25.4 Å². The fourth-order valence-corrected chi connectivity index (χ4v) is 1.16. The fraction of sp³-hybridized carbons (Fsp3) is 0.750. The number of aliphatic hydroxyl groups excluding tert-OH is 1. The SMILES string of the molecule is NC(=O)CCC(CCO)CC(N)=O. The van der Waals surface area contributed by atoms with Crippen LogP contribution in [0, 0.1) is 5.92 Å². The summed E-state index contributed by atoms with van der Waals surface area (Å²) in [7, 11) is 0. The molecule has 5 N–H and O–H groups in total. The molecule has 0 aliphatic rings. The summed E-state index contributed by atoms with van der Waals surface area (Å²) in [4.78, 5) is 21.0. The highest BCUT2D eigenvalue weighted by molar-refractivity contribution is 5.75. The van der Waals surface area contributed by atoms with E-state index < -0.39 is 11.8 Å². The van der Waals surface area contributed by atoms with Gasteiger partial charge in [0.1, 0.15) is 0 Å². The minimum atomic E-state index is -0.414. The van der Waals surface area contributed by atoms with Gasteiger partial charge in [0.05, 0.1) is 0 Å². The van der Waals surface area contributed by atoms with Crippen LogP contribution in [0.3, 0.4) is 0 Å². The molecule has 0 aliphatic carbocycles. The average Bonchev–Trinajstić information content (AvgIpc) is 1.99. The summed E-state index contributed by atoms with van der Waals surface area (Å²) in [5.41, 5.74) is 9.94. The summed E-state index contributed by atoms with van der Waals surface area (Å²) in [6, 6.07) is 0. The maximum Gasteiger partial charge on any atom is 0.217 e. The molecule has 0 bridgehead atoms. The molecule has 0 aliphatic heterocycles. The van der Waals surface area contributed by atoms with Gasteiger partial charge in [0, 0.05) is 19.4 Å². The largest absolute Gasteiger partial charge is 0.396 e. The van der Waals surface area contributed by atoms with Crippen LogP contribution < -0.4 is 11.5 Å². The quantitative estimate of drug-likeness (QED) is 0.483. The predicted molar refractivity (Wildman–Crippen MR) is 47.4 cm³/mol. The summed E-state index contributed by atoms with van der Waals surface area (Å²) >= 11 is 0. The van der Waals surface area contributed by atoms with E-state index in [1.54, 1.807) is 0 Å². The summed E-state index contributed by atoms with van der Waals surface area (Å²) in [5.74, 6) is -0.842. The number of nitrogens with two attached hydrogens (primary N) is 2. The monoisotopic (exact) mass is 188 g/mol. The first-order chi connectivity index (χ1) is 6.06. The molecule has 0 aromatic rings. The smallest absolute Gasteiger partial charge is 0.217 e. The highest BCUT2D eigenvalue weighted by Crippen LogP contribution is 2.14. The summed E-state index contributed by atoms with van der Waals surface area (Å²) in [5, 5.41) is 8.65. The van der Waals surface area contributed by atoms with Crippen molar-refractivity contribution in [3.63, 3.8) is 0 Å². The third-order valence-electron chi connectivity index (χ3n) is 1.83. The maximum absolute atomic E-state index is 10.6. The van der Waals surface area contributed by atoms with E-state index in [1.165, 1.54) is 0 Å². The van der Waals surface area contributed by atoms with Crippen molar-refractivity contribution >= 4 is 11.8 Å². The number of rotatable bonds is 7.